The van der Waals surface area contributed by atoms with Crippen molar-refractivity contribution in [3.05, 3.63) is 0 Å². The predicted molar refractivity (Wildman–Crippen MR) is 57.3 cm³/mol. The van der Waals surface area contributed by atoms with Crippen LogP contribution in [0.2, 0.25) is 0 Å². The van der Waals surface area contributed by atoms with Crippen molar-refractivity contribution >= 4 is 6.03 Å². The molecule has 0 heterocycles. The summed E-state index contributed by atoms with van der Waals surface area (Å²) in [6, 6.07) is -0.0730. The molecule has 0 saturated heterocycles. The van der Waals surface area contributed by atoms with E-state index in [4.69, 9.17) is 4.74 Å². The van der Waals surface area contributed by atoms with Crippen molar-refractivity contribution in [2.24, 2.45) is 5.92 Å². The average molecular weight is 202 g/mol. The van der Waals surface area contributed by atoms with Gasteiger partial charge in [-0.2, -0.15) is 0 Å². The van der Waals surface area contributed by atoms with Crippen LogP contribution >= 0.6 is 0 Å². The maximum Gasteiger partial charge on any atom is 0.314 e. The summed E-state index contributed by atoms with van der Waals surface area (Å²) in [6.07, 6.45) is 1.95. The van der Waals surface area contributed by atoms with Crippen LogP contribution in [0.5, 0.6) is 0 Å². The van der Waals surface area contributed by atoms with Crippen molar-refractivity contribution in [3.63, 3.8) is 0 Å². The number of urea groups is 1. The Morgan fingerprint density at radius 2 is 2.00 bits per heavy atom. The predicted octanol–water partition coefficient (Wildman–Crippen LogP) is 1.37. The number of unbranched alkanes of at least 4 members (excludes halogenated alkanes) is 1. The van der Waals surface area contributed by atoms with E-state index < -0.39 is 0 Å². The average Bonchev–Trinajstić information content (AvgIpc) is 2.14. The Morgan fingerprint density at radius 3 is 2.57 bits per heavy atom. The van der Waals surface area contributed by atoms with E-state index >= 15 is 0 Å². The van der Waals surface area contributed by atoms with Crippen LogP contribution in [-0.4, -0.2) is 32.8 Å². The summed E-state index contributed by atoms with van der Waals surface area (Å²) < 4.78 is 4.90. The summed E-state index contributed by atoms with van der Waals surface area (Å²) in [5, 5.41) is 5.58. The van der Waals surface area contributed by atoms with Crippen molar-refractivity contribution in [1.82, 2.24) is 10.6 Å². The standard InChI is InChI=1S/C10H22N2O2/c1-9(2)8-12-10(13)11-6-4-5-7-14-3/h9H,4-8H2,1-3H3,(H2,11,12,13). The Labute approximate surface area is 86.4 Å². The van der Waals surface area contributed by atoms with Gasteiger partial charge in [0.1, 0.15) is 0 Å². The molecule has 0 aliphatic heterocycles. The van der Waals surface area contributed by atoms with Gasteiger partial charge in [-0.05, 0) is 18.8 Å². The smallest absolute Gasteiger partial charge is 0.314 e. The van der Waals surface area contributed by atoms with E-state index in [-0.39, 0.29) is 6.03 Å². The molecule has 0 fully saturated rings. The van der Waals surface area contributed by atoms with E-state index in [9.17, 15) is 4.79 Å². The molecule has 0 saturated carbocycles. The molecule has 0 bridgehead atoms. The van der Waals surface area contributed by atoms with Crippen LogP contribution in [0.1, 0.15) is 26.7 Å². The molecule has 2 amide bonds. The number of amides is 2. The highest BCUT2D eigenvalue weighted by Crippen LogP contribution is 1.88. The molecule has 0 aromatic heterocycles. The summed E-state index contributed by atoms with van der Waals surface area (Å²) in [7, 11) is 1.68. The van der Waals surface area contributed by atoms with Crippen LogP contribution in [0.15, 0.2) is 0 Å². The van der Waals surface area contributed by atoms with E-state index in [0.717, 1.165) is 26.0 Å². The zero-order chi connectivity index (χ0) is 10.8. The van der Waals surface area contributed by atoms with Gasteiger partial charge in [-0.15, -0.1) is 0 Å². The van der Waals surface area contributed by atoms with Gasteiger partial charge in [-0.1, -0.05) is 13.8 Å². The minimum Gasteiger partial charge on any atom is -0.385 e. The van der Waals surface area contributed by atoms with Crippen molar-refractivity contribution in [2.45, 2.75) is 26.7 Å². The van der Waals surface area contributed by atoms with Crippen LogP contribution in [-0.2, 0) is 4.74 Å². The Hall–Kier alpha value is -0.770. The molecule has 0 aromatic carbocycles. The summed E-state index contributed by atoms with van der Waals surface area (Å²) in [6.45, 7) is 6.34. The van der Waals surface area contributed by atoms with Crippen molar-refractivity contribution in [2.75, 3.05) is 26.8 Å². The first-order chi connectivity index (χ1) is 6.66. The lowest BCUT2D eigenvalue weighted by molar-refractivity contribution is 0.192. The Kier molecular flexibility index (Phi) is 8.33. The lowest BCUT2D eigenvalue weighted by atomic mass is 10.2. The van der Waals surface area contributed by atoms with Crippen molar-refractivity contribution < 1.29 is 9.53 Å². The van der Waals surface area contributed by atoms with Crippen LogP contribution < -0.4 is 10.6 Å². The maximum atomic E-state index is 11.1. The number of nitrogens with one attached hydrogen (secondary N) is 2. The highest BCUT2D eigenvalue weighted by atomic mass is 16.5. The Morgan fingerprint density at radius 1 is 1.29 bits per heavy atom. The van der Waals surface area contributed by atoms with Crippen molar-refractivity contribution in [1.29, 1.82) is 0 Å². The molecule has 0 atom stereocenters. The fraction of sp³-hybridized carbons (Fsp3) is 0.900. The fourth-order valence-corrected chi connectivity index (χ4v) is 0.933. The molecule has 0 rings (SSSR count). The monoisotopic (exact) mass is 202 g/mol. The quantitative estimate of drug-likeness (QED) is 0.613. The number of ether oxygens (including phenoxy) is 1. The maximum absolute atomic E-state index is 11.1. The van der Waals surface area contributed by atoms with Crippen LogP contribution in [0.4, 0.5) is 4.79 Å². The van der Waals surface area contributed by atoms with E-state index in [2.05, 4.69) is 24.5 Å². The summed E-state index contributed by atoms with van der Waals surface area (Å²) in [5.41, 5.74) is 0. The second-order valence-electron chi connectivity index (χ2n) is 3.73. The molecule has 0 aliphatic carbocycles. The molecule has 84 valence electrons. The minimum atomic E-state index is -0.0730. The first-order valence-corrected chi connectivity index (χ1v) is 5.17. The van der Waals surface area contributed by atoms with E-state index in [1.54, 1.807) is 7.11 Å². The van der Waals surface area contributed by atoms with Crippen LogP contribution in [0.3, 0.4) is 0 Å². The lowest BCUT2D eigenvalue weighted by Crippen LogP contribution is -2.37. The second-order valence-corrected chi connectivity index (χ2v) is 3.73. The number of hydrogen-bond acceptors (Lipinski definition) is 2. The SMILES string of the molecule is COCCCCNC(=O)NCC(C)C. The van der Waals surface area contributed by atoms with Crippen LogP contribution in [0, 0.1) is 5.92 Å². The van der Waals surface area contributed by atoms with Gasteiger partial charge in [-0.3, -0.25) is 0 Å². The number of carbonyl (C=O) groups excluding carboxylic acids is 1. The number of rotatable bonds is 7. The lowest BCUT2D eigenvalue weighted by Gasteiger charge is -2.08. The fourth-order valence-electron chi connectivity index (χ4n) is 0.933. The molecular formula is C10H22N2O2. The Bertz CT molecular complexity index is 149. The van der Waals surface area contributed by atoms with Gasteiger partial charge in [-0.25, -0.2) is 4.79 Å². The highest BCUT2D eigenvalue weighted by molar-refractivity contribution is 5.73. The normalized spacial score (nSPS) is 10.3. The van der Waals surface area contributed by atoms with Gasteiger partial charge in [0.2, 0.25) is 0 Å². The van der Waals surface area contributed by atoms with E-state index in [1.165, 1.54) is 0 Å². The molecule has 0 aromatic rings. The molecule has 4 nitrogen and oxygen atoms in total. The first-order valence-electron chi connectivity index (χ1n) is 5.17. The molecule has 14 heavy (non-hydrogen) atoms. The molecule has 0 aliphatic rings. The zero-order valence-corrected chi connectivity index (χ0v) is 9.43. The molecule has 0 unspecified atom stereocenters. The van der Waals surface area contributed by atoms with Gasteiger partial charge in [0.25, 0.3) is 0 Å². The summed E-state index contributed by atoms with van der Waals surface area (Å²) >= 11 is 0. The van der Waals surface area contributed by atoms with Gasteiger partial charge in [0, 0.05) is 26.8 Å². The summed E-state index contributed by atoms with van der Waals surface area (Å²) in [5.74, 6) is 0.495. The Balaban J connectivity index is 3.18. The summed E-state index contributed by atoms with van der Waals surface area (Å²) in [4.78, 5) is 11.1. The van der Waals surface area contributed by atoms with Gasteiger partial charge < -0.3 is 15.4 Å². The number of methoxy groups -OCH3 is 1. The third kappa shape index (κ3) is 9.32. The molecular weight excluding hydrogens is 180 g/mol. The topological polar surface area (TPSA) is 50.4 Å². The van der Waals surface area contributed by atoms with Crippen LogP contribution in [0.25, 0.3) is 0 Å². The number of hydrogen-bond donors (Lipinski definition) is 2. The minimum absolute atomic E-state index is 0.0730. The molecule has 2 N–H and O–H groups in total. The van der Waals surface area contributed by atoms with Gasteiger partial charge >= 0.3 is 6.03 Å². The van der Waals surface area contributed by atoms with Gasteiger partial charge in [0.15, 0.2) is 0 Å². The second kappa shape index (κ2) is 8.81. The third-order valence-electron chi connectivity index (χ3n) is 1.73. The van der Waals surface area contributed by atoms with Crippen molar-refractivity contribution in [3.8, 4) is 0 Å². The molecule has 0 radical (unpaired) electrons. The first kappa shape index (κ1) is 13.2. The molecule has 4 heteroatoms. The number of carbonyl (C=O) groups is 1. The highest BCUT2D eigenvalue weighted by Gasteiger charge is 1.99. The zero-order valence-electron chi connectivity index (χ0n) is 9.43. The largest absolute Gasteiger partial charge is 0.385 e. The third-order valence-corrected chi connectivity index (χ3v) is 1.73. The van der Waals surface area contributed by atoms with Gasteiger partial charge in [0.05, 0.1) is 0 Å². The molecule has 0 spiro atoms. The van der Waals surface area contributed by atoms with E-state index in [0.29, 0.717) is 12.5 Å². The van der Waals surface area contributed by atoms with E-state index in [1.807, 2.05) is 0 Å².